The van der Waals surface area contributed by atoms with Crippen LogP contribution in [0.5, 0.6) is 5.75 Å². The van der Waals surface area contributed by atoms with Gasteiger partial charge in [0.2, 0.25) is 0 Å². The average Bonchev–Trinajstić information content (AvgIpc) is 2.85. The zero-order valence-electron chi connectivity index (χ0n) is 12.5. The highest BCUT2D eigenvalue weighted by Gasteiger charge is 2.32. The number of rotatable bonds is 3. The lowest BCUT2D eigenvalue weighted by atomic mass is 10.2. The Bertz CT molecular complexity index is 852. The maximum atomic E-state index is 13.3. The smallest absolute Gasteiger partial charge is 0.281 e. The molecule has 2 aromatic rings. The SMILES string of the molecule is COc1ccc(C=C2NC(=S)N(c3ccc(F)c(Cl)c3)C2=O)cc1. The fourth-order valence-electron chi connectivity index (χ4n) is 2.26. The van der Waals surface area contributed by atoms with Crippen LogP contribution in [0.4, 0.5) is 10.1 Å². The predicted molar refractivity (Wildman–Crippen MR) is 95.6 cm³/mol. The molecule has 7 heteroatoms. The molecule has 0 saturated carbocycles. The lowest BCUT2D eigenvalue weighted by Crippen LogP contribution is -2.30. The van der Waals surface area contributed by atoms with Crippen molar-refractivity contribution in [2.24, 2.45) is 0 Å². The van der Waals surface area contributed by atoms with Crippen molar-refractivity contribution in [3.05, 3.63) is 64.6 Å². The van der Waals surface area contributed by atoms with E-state index in [1.54, 1.807) is 25.3 Å². The summed E-state index contributed by atoms with van der Waals surface area (Å²) in [5.74, 6) is -0.167. The minimum Gasteiger partial charge on any atom is -0.497 e. The van der Waals surface area contributed by atoms with E-state index >= 15 is 0 Å². The molecule has 1 N–H and O–H groups in total. The van der Waals surface area contributed by atoms with Gasteiger partial charge in [-0.25, -0.2) is 4.39 Å². The molecule has 3 rings (SSSR count). The van der Waals surface area contributed by atoms with E-state index in [2.05, 4.69) is 5.32 Å². The Morgan fingerprint density at radius 3 is 2.58 bits per heavy atom. The number of hydrogen-bond acceptors (Lipinski definition) is 3. The fourth-order valence-corrected chi connectivity index (χ4v) is 2.73. The van der Waals surface area contributed by atoms with E-state index < -0.39 is 5.82 Å². The van der Waals surface area contributed by atoms with E-state index in [1.165, 1.54) is 23.1 Å². The topological polar surface area (TPSA) is 41.6 Å². The number of methoxy groups -OCH3 is 1. The number of benzene rings is 2. The van der Waals surface area contributed by atoms with Gasteiger partial charge in [-0.3, -0.25) is 9.69 Å². The summed E-state index contributed by atoms with van der Waals surface area (Å²) in [5.41, 5.74) is 1.54. The predicted octanol–water partition coefficient (Wildman–Crippen LogP) is 3.75. The Morgan fingerprint density at radius 1 is 1.25 bits per heavy atom. The van der Waals surface area contributed by atoms with E-state index in [4.69, 9.17) is 28.6 Å². The summed E-state index contributed by atoms with van der Waals surface area (Å²) in [6, 6.07) is 11.2. The highest BCUT2D eigenvalue weighted by molar-refractivity contribution is 7.80. The number of carbonyl (C=O) groups excluding carboxylic acids is 1. The molecule has 0 spiro atoms. The number of thiocarbonyl (C=S) groups is 1. The third-order valence-corrected chi connectivity index (χ3v) is 4.04. The quantitative estimate of drug-likeness (QED) is 0.667. The zero-order valence-corrected chi connectivity index (χ0v) is 14.1. The van der Waals surface area contributed by atoms with Crippen LogP contribution >= 0.6 is 23.8 Å². The molecule has 4 nitrogen and oxygen atoms in total. The lowest BCUT2D eigenvalue weighted by molar-refractivity contribution is -0.113. The van der Waals surface area contributed by atoms with Crippen molar-refractivity contribution in [2.45, 2.75) is 0 Å². The van der Waals surface area contributed by atoms with Crippen molar-refractivity contribution in [1.29, 1.82) is 0 Å². The Morgan fingerprint density at radius 2 is 1.96 bits per heavy atom. The van der Waals surface area contributed by atoms with Gasteiger partial charge >= 0.3 is 0 Å². The largest absolute Gasteiger partial charge is 0.497 e. The monoisotopic (exact) mass is 362 g/mol. The molecule has 0 atom stereocenters. The maximum Gasteiger partial charge on any atom is 0.281 e. The van der Waals surface area contributed by atoms with E-state index in [1.807, 2.05) is 12.1 Å². The highest BCUT2D eigenvalue weighted by atomic mass is 35.5. The summed E-state index contributed by atoms with van der Waals surface area (Å²) in [7, 11) is 1.58. The highest BCUT2D eigenvalue weighted by Crippen LogP contribution is 2.27. The van der Waals surface area contributed by atoms with Crippen molar-refractivity contribution in [3.8, 4) is 5.75 Å². The molecule has 1 heterocycles. The molecule has 0 bridgehead atoms. The molecule has 1 aliphatic heterocycles. The third-order valence-electron chi connectivity index (χ3n) is 3.47. The molecule has 0 aromatic heterocycles. The van der Waals surface area contributed by atoms with Crippen molar-refractivity contribution in [1.82, 2.24) is 5.32 Å². The van der Waals surface area contributed by atoms with Crippen molar-refractivity contribution in [3.63, 3.8) is 0 Å². The Hall–Kier alpha value is -2.44. The summed E-state index contributed by atoms with van der Waals surface area (Å²) >= 11 is 11.0. The minimum absolute atomic E-state index is 0.0734. The van der Waals surface area contributed by atoms with Crippen LogP contribution in [-0.4, -0.2) is 18.1 Å². The molecule has 0 aliphatic carbocycles. The third kappa shape index (κ3) is 3.11. The minimum atomic E-state index is -0.556. The fraction of sp³-hybridized carbons (Fsp3) is 0.0588. The van der Waals surface area contributed by atoms with Gasteiger partial charge in [0.25, 0.3) is 5.91 Å². The first-order valence-corrected chi connectivity index (χ1v) is 7.74. The summed E-state index contributed by atoms with van der Waals surface area (Å²) in [4.78, 5) is 13.9. The average molecular weight is 363 g/mol. The van der Waals surface area contributed by atoms with Crippen molar-refractivity contribution in [2.75, 3.05) is 12.0 Å². The van der Waals surface area contributed by atoms with Crippen LogP contribution in [0.2, 0.25) is 5.02 Å². The van der Waals surface area contributed by atoms with E-state index in [0.717, 1.165) is 11.3 Å². The Kier molecular flexibility index (Phi) is 4.51. The summed E-state index contributed by atoms with van der Waals surface area (Å²) < 4.78 is 18.4. The molecule has 1 aliphatic rings. The molecule has 0 unspecified atom stereocenters. The van der Waals surface area contributed by atoms with Gasteiger partial charge in [-0.05, 0) is 54.2 Å². The zero-order chi connectivity index (χ0) is 17.3. The van der Waals surface area contributed by atoms with Crippen molar-refractivity contribution >= 4 is 46.6 Å². The number of nitrogens with one attached hydrogen (secondary N) is 1. The van der Waals surface area contributed by atoms with Crippen LogP contribution in [0.15, 0.2) is 48.2 Å². The molecular weight excluding hydrogens is 351 g/mol. The van der Waals surface area contributed by atoms with Gasteiger partial charge in [0.05, 0.1) is 17.8 Å². The molecule has 1 amide bonds. The van der Waals surface area contributed by atoms with E-state index in [9.17, 15) is 9.18 Å². The standard InChI is InChI=1S/C17H12ClFN2O2S/c1-23-12-5-2-10(3-6-12)8-15-16(22)21(17(24)20-15)11-4-7-14(19)13(18)9-11/h2-9H,1H3,(H,20,24). The van der Waals surface area contributed by atoms with E-state index in [0.29, 0.717) is 11.4 Å². The van der Waals surface area contributed by atoms with Crippen LogP contribution in [0.1, 0.15) is 5.56 Å². The number of hydrogen-bond donors (Lipinski definition) is 1. The number of nitrogens with zero attached hydrogens (tertiary/aromatic N) is 1. The van der Waals surface area contributed by atoms with E-state index in [-0.39, 0.29) is 16.0 Å². The number of halogens is 2. The van der Waals surface area contributed by atoms with Crippen LogP contribution in [0, 0.1) is 5.82 Å². The second-order valence-electron chi connectivity index (χ2n) is 5.00. The molecule has 0 radical (unpaired) electrons. The molecule has 24 heavy (non-hydrogen) atoms. The van der Waals surface area contributed by atoms with Gasteiger partial charge in [0, 0.05) is 0 Å². The van der Waals surface area contributed by atoms with Crippen molar-refractivity contribution < 1.29 is 13.9 Å². The van der Waals surface area contributed by atoms with Crippen LogP contribution < -0.4 is 15.0 Å². The Labute approximate surface area is 148 Å². The molecule has 2 aromatic carbocycles. The maximum absolute atomic E-state index is 13.3. The van der Waals surface area contributed by atoms with Gasteiger partial charge in [-0.15, -0.1) is 0 Å². The summed E-state index contributed by atoms with van der Waals surface area (Å²) in [5, 5.41) is 3.00. The first-order chi connectivity index (χ1) is 11.5. The molecule has 122 valence electrons. The van der Waals surface area contributed by atoms with Crippen LogP contribution in [0.25, 0.3) is 6.08 Å². The van der Waals surface area contributed by atoms with Gasteiger partial charge in [0.1, 0.15) is 17.3 Å². The second kappa shape index (κ2) is 6.59. The van der Waals surface area contributed by atoms with Gasteiger partial charge in [-0.1, -0.05) is 23.7 Å². The summed E-state index contributed by atoms with van der Waals surface area (Å²) in [6.07, 6.45) is 1.68. The number of ether oxygens (including phenoxy) is 1. The first-order valence-electron chi connectivity index (χ1n) is 6.96. The molecule has 1 saturated heterocycles. The first kappa shape index (κ1) is 16.4. The van der Waals surface area contributed by atoms with Gasteiger partial charge in [-0.2, -0.15) is 0 Å². The second-order valence-corrected chi connectivity index (χ2v) is 5.79. The Balaban J connectivity index is 1.90. The number of carbonyl (C=O) groups is 1. The summed E-state index contributed by atoms with van der Waals surface area (Å²) in [6.45, 7) is 0. The van der Waals surface area contributed by atoms with Gasteiger partial charge in [0.15, 0.2) is 5.11 Å². The lowest BCUT2D eigenvalue weighted by Gasteiger charge is -2.14. The van der Waals surface area contributed by atoms with Gasteiger partial charge < -0.3 is 10.1 Å². The molecular formula is C17H12ClFN2O2S. The number of amides is 1. The van der Waals surface area contributed by atoms with Crippen LogP contribution in [-0.2, 0) is 4.79 Å². The normalized spacial score (nSPS) is 15.8. The van der Waals surface area contributed by atoms with Crippen LogP contribution in [0.3, 0.4) is 0 Å². The number of anilines is 1. The molecule has 1 fully saturated rings.